The van der Waals surface area contributed by atoms with Crippen LogP contribution in [0, 0.1) is 6.92 Å². The van der Waals surface area contributed by atoms with E-state index in [1.807, 2.05) is 37.0 Å². The fourth-order valence-electron chi connectivity index (χ4n) is 2.19. The van der Waals surface area contributed by atoms with E-state index in [9.17, 15) is 4.79 Å². The Morgan fingerprint density at radius 3 is 3.00 bits per heavy atom. The molecule has 1 amide bonds. The Hall–Kier alpha value is -1.92. The number of rotatable bonds is 8. The molecule has 0 aliphatic rings. The molecule has 2 rings (SSSR count). The number of nitrogens with zero attached hydrogens (tertiary/aromatic N) is 2. The molecule has 0 unspecified atom stereocenters. The van der Waals surface area contributed by atoms with Crippen LogP contribution in [0.3, 0.4) is 0 Å². The van der Waals surface area contributed by atoms with Gasteiger partial charge in [-0.1, -0.05) is 0 Å². The first kappa shape index (κ1) is 15.5. The quantitative estimate of drug-likeness (QED) is 0.702. The second-order valence-corrected chi connectivity index (χ2v) is 4.90. The van der Waals surface area contributed by atoms with Crippen LogP contribution >= 0.6 is 0 Å². The summed E-state index contributed by atoms with van der Waals surface area (Å²) < 4.78 is 7.30. The van der Waals surface area contributed by atoms with Gasteiger partial charge < -0.3 is 19.9 Å². The lowest BCUT2D eigenvalue weighted by molar-refractivity contribution is -0.121. The lowest BCUT2D eigenvalue weighted by Crippen LogP contribution is -2.30. The molecule has 2 heterocycles. The number of carbonyl (C=O) groups excluding carboxylic acids is 1. The zero-order valence-electron chi connectivity index (χ0n) is 12.6. The topological polar surface area (TPSA) is 68.2 Å². The predicted molar refractivity (Wildman–Crippen MR) is 82.2 cm³/mol. The van der Waals surface area contributed by atoms with Crippen molar-refractivity contribution in [2.75, 3.05) is 33.4 Å². The van der Waals surface area contributed by atoms with E-state index in [-0.39, 0.29) is 5.91 Å². The number of aryl methyl sites for hydroxylation is 1. The van der Waals surface area contributed by atoms with E-state index in [1.54, 1.807) is 6.20 Å². The molecule has 6 heteroatoms. The van der Waals surface area contributed by atoms with E-state index in [4.69, 9.17) is 4.74 Å². The number of fused-ring (bicyclic) bond motifs is 1. The highest BCUT2D eigenvalue weighted by atomic mass is 16.5. The van der Waals surface area contributed by atoms with Crippen LogP contribution in [0.15, 0.2) is 24.7 Å². The van der Waals surface area contributed by atoms with Gasteiger partial charge in [0.05, 0.1) is 18.7 Å². The van der Waals surface area contributed by atoms with Gasteiger partial charge in [-0.05, 0) is 25.6 Å². The maximum Gasteiger partial charge on any atom is 0.240 e. The van der Waals surface area contributed by atoms with Crippen molar-refractivity contribution in [3.63, 3.8) is 0 Å². The van der Waals surface area contributed by atoms with Crippen molar-refractivity contribution in [2.45, 2.75) is 13.5 Å². The van der Waals surface area contributed by atoms with Crippen LogP contribution < -0.4 is 10.6 Å². The summed E-state index contributed by atoms with van der Waals surface area (Å²) in [6.45, 7) is 4.86. The summed E-state index contributed by atoms with van der Waals surface area (Å²) in [4.78, 5) is 16.1. The normalized spacial score (nSPS) is 11.0. The smallest absolute Gasteiger partial charge is 0.240 e. The first-order valence-electron chi connectivity index (χ1n) is 7.11. The molecular weight excluding hydrogens is 268 g/mol. The maximum atomic E-state index is 11.9. The number of pyridine rings is 1. The fraction of sp³-hybridized carbons (Fsp3) is 0.467. The molecule has 0 atom stereocenters. The highest BCUT2D eigenvalue weighted by molar-refractivity contribution is 5.85. The molecule has 0 saturated carbocycles. The Morgan fingerprint density at radius 1 is 1.38 bits per heavy atom. The van der Waals surface area contributed by atoms with Crippen LogP contribution in [0.5, 0.6) is 0 Å². The first-order valence-corrected chi connectivity index (χ1v) is 7.11. The van der Waals surface area contributed by atoms with Gasteiger partial charge in [0, 0.05) is 37.1 Å². The van der Waals surface area contributed by atoms with Crippen molar-refractivity contribution in [1.82, 2.24) is 20.2 Å². The van der Waals surface area contributed by atoms with Crippen molar-refractivity contribution >= 4 is 16.8 Å². The highest BCUT2D eigenvalue weighted by Crippen LogP contribution is 2.18. The average Bonchev–Trinajstić information content (AvgIpc) is 2.80. The molecule has 2 N–H and O–H groups in total. The second-order valence-electron chi connectivity index (χ2n) is 4.90. The largest absolute Gasteiger partial charge is 0.378 e. The van der Waals surface area contributed by atoms with Crippen molar-refractivity contribution in [1.29, 1.82) is 0 Å². The summed E-state index contributed by atoms with van der Waals surface area (Å²) in [6, 6.07) is 1.93. The van der Waals surface area contributed by atoms with Crippen molar-refractivity contribution in [3.8, 4) is 0 Å². The van der Waals surface area contributed by atoms with Crippen molar-refractivity contribution in [3.05, 3.63) is 30.2 Å². The third-order valence-corrected chi connectivity index (χ3v) is 3.26. The minimum absolute atomic E-state index is 0.0130. The van der Waals surface area contributed by atoms with Crippen LogP contribution in [0.1, 0.15) is 5.56 Å². The molecule has 2 aromatic heterocycles. The van der Waals surface area contributed by atoms with Crippen LogP contribution in [0.4, 0.5) is 0 Å². The Kier molecular flexibility index (Phi) is 5.71. The van der Waals surface area contributed by atoms with E-state index in [0.717, 1.165) is 23.0 Å². The maximum absolute atomic E-state index is 11.9. The van der Waals surface area contributed by atoms with Gasteiger partial charge in [0.2, 0.25) is 5.91 Å². The van der Waals surface area contributed by atoms with Gasteiger partial charge in [0.15, 0.2) is 0 Å². The Balaban J connectivity index is 1.82. The second kappa shape index (κ2) is 7.75. The molecular formula is C15H22N4O2. The summed E-state index contributed by atoms with van der Waals surface area (Å²) in [7, 11) is 1.88. The Bertz CT molecular complexity index is 594. The van der Waals surface area contributed by atoms with Crippen molar-refractivity contribution in [2.24, 2.45) is 0 Å². The fourth-order valence-corrected chi connectivity index (χ4v) is 2.19. The molecule has 0 aliphatic carbocycles. The molecule has 0 aliphatic heterocycles. The van der Waals surface area contributed by atoms with E-state index in [2.05, 4.69) is 15.6 Å². The number of ether oxygens (including phenoxy) is 1. The molecule has 21 heavy (non-hydrogen) atoms. The molecule has 0 spiro atoms. The summed E-state index contributed by atoms with van der Waals surface area (Å²) in [5.74, 6) is -0.0130. The molecule has 0 radical (unpaired) electrons. The van der Waals surface area contributed by atoms with E-state index >= 15 is 0 Å². The summed E-state index contributed by atoms with van der Waals surface area (Å²) >= 11 is 0. The molecule has 2 aromatic rings. The van der Waals surface area contributed by atoms with Gasteiger partial charge in [-0.15, -0.1) is 0 Å². The van der Waals surface area contributed by atoms with Crippen LogP contribution in [0.25, 0.3) is 10.9 Å². The molecule has 6 nitrogen and oxygen atoms in total. The molecule has 114 valence electrons. The number of nitrogens with one attached hydrogen (secondary N) is 2. The lowest BCUT2D eigenvalue weighted by atomic mass is 10.2. The monoisotopic (exact) mass is 290 g/mol. The summed E-state index contributed by atoms with van der Waals surface area (Å²) in [5, 5.41) is 6.94. The minimum atomic E-state index is -0.0130. The van der Waals surface area contributed by atoms with Gasteiger partial charge in [-0.3, -0.25) is 9.78 Å². The zero-order valence-corrected chi connectivity index (χ0v) is 12.6. The summed E-state index contributed by atoms with van der Waals surface area (Å²) in [6.07, 6.45) is 5.55. The highest BCUT2D eigenvalue weighted by Gasteiger charge is 2.08. The minimum Gasteiger partial charge on any atom is -0.378 e. The van der Waals surface area contributed by atoms with Gasteiger partial charge in [-0.2, -0.15) is 0 Å². The molecule has 0 aromatic carbocycles. The van der Waals surface area contributed by atoms with Gasteiger partial charge in [0.25, 0.3) is 0 Å². The molecule has 0 bridgehead atoms. The Morgan fingerprint density at radius 2 is 2.19 bits per heavy atom. The number of aromatic nitrogens is 2. The number of hydrogen-bond donors (Lipinski definition) is 2. The van der Waals surface area contributed by atoms with Crippen LogP contribution in [-0.4, -0.2) is 48.8 Å². The summed E-state index contributed by atoms with van der Waals surface area (Å²) in [5.41, 5.74) is 2.16. The average molecular weight is 290 g/mol. The van der Waals surface area contributed by atoms with E-state index in [0.29, 0.717) is 26.3 Å². The molecule has 0 fully saturated rings. The van der Waals surface area contributed by atoms with Gasteiger partial charge in [-0.25, -0.2) is 0 Å². The number of carbonyl (C=O) groups is 1. The van der Waals surface area contributed by atoms with Crippen molar-refractivity contribution < 1.29 is 9.53 Å². The van der Waals surface area contributed by atoms with Gasteiger partial charge >= 0.3 is 0 Å². The number of amides is 1. The van der Waals surface area contributed by atoms with E-state index < -0.39 is 0 Å². The standard InChI is InChI=1S/C15H22N4O2/c1-12-10-19(14-3-4-17-9-13(12)14)11-15(20)18-6-8-21-7-5-16-2/h3-4,9-10,16H,5-8,11H2,1-2H3,(H,18,20). The predicted octanol–water partition coefficient (Wildman–Crippen LogP) is 0.697. The Labute approximate surface area is 124 Å². The zero-order chi connectivity index (χ0) is 15.1. The van der Waals surface area contributed by atoms with Crippen LogP contribution in [-0.2, 0) is 16.1 Å². The van der Waals surface area contributed by atoms with Gasteiger partial charge in [0.1, 0.15) is 6.54 Å². The first-order chi connectivity index (χ1) is 10.2. The number of likely N-dealkylation sites (N-methyl/N-ethyl adjacent to an activating group) is 1. The SMILES string of the molecule is CNCCOCCNC(=O)Cn1cc(C)c2cnccc21. The third-order valence-electron chi connectivity index (χ3n) is 3.26. The van der Waals surface area contributed by atoms with Crippen LogP contribution in [0.2, 0.25) is 0 Å². The van der Waals surface area contributed by atoms with E-state index in [1.165, 1.54) is 0 Å². The third kappa shape index (κ3) is 4.27. The lowest BCUT2D eigenvalue weighted by Gasteiger charge is -2.08. The molecule has 0 saturated heterocycles. The number of hydrogen-bond acceptors (Lipinski definition) is 4.